The SMILES string of the molecule is [N-]=[N+]=Nc1ccc2nc(CN3CCCCC3)[nH]c2c1. The lowest BCUT2D eigenvalue weighted by Gasteiger charge is -2.25. The molecule has 1 aromatic carbocycles. The second-order valence-corrected chi connectivity index (χ2v) is 4.91. The molecule has 6 heteroatoms. The first-order valence-electron chi connectivity index (χ1n) is 6.61. The molecule has 1 fully saturated rings. The van der Waals surface area contributed by atoms with Gasteiger partial charge in [-0.2, -0.15) is 0 Å². The number of piperidine rings is 1. The summed E-state index contributed by atoms with van der Waals surface area (Å²) in [5.41, 5.74) is 10.9. The average Bonchev–Trinajstić information content (AvgIpc) is 2.82. The summed E-state index contributed by atoms with van der Waals surface area (Å²) in [4.78, 5) is 13.1. The standard InChI is InChI=1S/C13H16N6/c14-18-17-10-4-5-11-12(8-10)16-13(15-11)9-19-6-2-1-3-7-19/h4-5,8H,1-3,6-7,9H2,(H,15,16). The first kappa shape index (κ1) is 12.0. The molecule has 3 rings (SSSR count). The molecule has 1 aliphatic heterocycles. The van der Waals surface area contributed by atoms with Gasteiger partial charge in [0.25, 0.3) is 0 Å². The van der Waals surface area contributed by atoms with Crippen LogP contribution >= 0.6 is 0 Å². The Kier molecular flexibility index (Phi) is 3.35. The fraction of sp³-hybridized carbons (Fsp3) is 0.462. The fourth-order valence-corrected chi connectivity index (χ4v) is 2.57. The van der Waals surface area contributed by atoms with Gasteiger partial charge in [0.2, 0.25) is 0 Å². The smallest absolute Gasteiger partial charge is 0.121 e. The van der Waals surface area contributed by atoms with Gasteiger partial charge in [0, 0.05) is 10.6 Å². The van der Waals surface area contributed by atoms with Gasteiger partial charge in [-0.15, -0.1) is 0 Å². The minimum Gasteiger partial charge on any atom is -0.341 e. The molecular formula is C13H16N6. The molecule has 2 heterocycles. The van der Waals surface area contributed by atoms with Crippen molar-refractivity contribution >= 4 is 16.7 Å². The first-order chi connectivity index (χ1) is 9.35. The van der Waals surface area contributed by atoms with Gasteiger partial charge in [-0.3, -0.25) is 4.90 Å². The Balaban J connectivity index is 1.82. The highest BCUT2D eigenvalue weighted by atomic mass is 15.2. The van der Waals surface area contributed by atoms with Gasteiger partial charge in [0.1, 0.15) is 5.82 Å². The van der Waals surface area contributed by atoms with Gasteiger partial charge in [-0.1, -0.05) is 17.6 Å². The van der Waals surface area contributed by atoms with E-state index in [0.29, 0.717) is 5.69 Å². The minimum absolute atomic E-state index is 0.614. The Labute approximate surface area is 111 Å². The molecule has 0 bridgehead atoms. The second kappa shape index (κ2) is 5.30. The topological polar surface area (TPSA) is 80.7 Å². The number of aromatic nitrogens is 2. The maximum Gasteiger partial charge on any atom is 0.121 e. The number of aromatic amines is 1. The van der Waals surface area contributed by atoms with Crippen molar-refractivity contribution in [2.24, 2.45) is 5.11 Å². The average molecular weight is 256 g/mol. The van der Waals surface area contributed by atoms with Crippen molar-refractivity contribution < 1.29 is 0 Å². The molecule has 0 atom stereocenters. The first-order valence-corrected chi connectivity index (χ1v) is 6.61. The minimum atomic E-state index is 0.614. The van der Waals surface area contributed by atoms with E-state index in [-0.39, 0.29) is 0 Å². The van der Waals surface area contributed by atoms with Crippen LogP contribution in [0.2, 0.25) is 0 Å². The summed E-state index contributed by atoms with van der Waals surface area (Å²) in [7, 11) is 0. The van der Waals surface area contributed by atoms with E-state index in [1.165, 1.54) is 19.3 Å². The van der Waals surface area contributed by atoms with E-state index in [2.05, 4.69) is 24.9 Å². The van der Waals surface area contributed by atoms with Gasteiger partial charge in [0.15, 0.2) is 0 Å². The highest BCUT2D eigenvalue weighted by Gasteiger charge is 2.12. The van der Waals surface area contributed by atoms with Gasteiger partial charge in [-0.25, -0.2) is 4.98 Å². The number of imidazole rings is 1. The molecule has 1 aromatic heterocycles. The molecule has 1 saturated heterocycles. The van der Waals surface area contributed by atoms with Crippen molar-refractivity contribution in [2.45, 2.75) is 25.8 Å². The number of nitrogens with zero attached hydrogens (tertiary/aromatic N) is 5. The molecule has 0 radical (unpaired) electrons. The fourth-order valence-electron chi connectivity index (χ4n) is 2.57. The van der Waals surface area contributed by atoms with Crippen molar-refractivity contribution in [2.75, 3.05) is 13.1 Å². The van der Waals surface area contributed by atoms with E-state index < -0.39 is 0 Å². The highest BCUT2D eigenvalue weighted by molar-refractivity contribution is 5.78. The maximum absolute atomic E-state index is 8.44. The molecule has 0 aliphatic carbocycles. The van der Waals surface area contributed by atoms with Crippen LogP contribution in [0.15, 0.2) is 23.3 Å². The van der Waals surface area contributed by atoms with Crippen molar-refractivity contribution in [1.29, 1.82) is 0 Å². The zero-order valence-electron chi connectivity index (χ0n) is 10.7. The molecule has 0 amide bonds. The third-order valence-corrected chi connectivity index (χ3v) is 3.50. The van der Waals surface area contributed by atoms with E-state index in [1.807, 2.05) is 12.1 Å². The van der Waals surface area contributed by atoms with E-state index in [4.69, 9.17) is 5.53 Å². The summed E-state index contributed by atoms with van der Waals surface area (Å²) in [5.74, 6) is 0.981. The van der Waals surface area contributed by atoms with Crippen molar-refractivity contribution in [3.05, 3.63) is 34.5 Å². The van der Waals surface area contributed by atoms with E-state index in [0.717, 1.165) is 36.5 Å². The predicted molar refractivity (Wildman–Crippen MR) is 74.0 cm³/mol. The largest absolute Gasteiger partial charge is 0.341 e. The van der Waals surface area contributed by atoms with Gasteiger partial charge < -0.3 is 4.98 Å². The van der Waals surface area contributed by atoms with Crippen LogP contribution < -0.4 is 0 Å². The number of nitrogens with one attached hydrogen (secondary N) is 1. The van der Waals surface area contributed by atoms with Crippen LogP contribution in [0, 0.1) is 0 Å². The summed E-state index contributed by atoms with van der Waals surface area (Å²) in [6.07, 6.45) is 3.90. The molecule has 1 aliphatic rings. The molecule has 19 heavy (non-hydrogen) atoms. The van der Waals surface area contributed by atoms with Gasteiger partial charge in [-0.05, 0) is 43.6 Å². The third-order valence-electron chi connectivity index (χ3n) is 3.50. The quantitative estimate of drug-likeness (QED) is 0.518. The summed E-state index contributed by atoms with van der Waals surface area (Å²) in [6.45, 7) is 3.17. The molecule has 0 saturated carbocycles. The van der Waals surface area contributed by atoms with Gasteiger partial charge >= 0.3 is 0 Å². The van der Waals surface area contributed by atoms with Crippen molar-refractivity contribution in [1.82, 2.24) is 14.9 Å². The summed E-state index contributed by atoms with van der Waals surface area (Å²) >= 11 is 0. The number of rotatable bonds is 3. The van der Waals surface area contributed by atoms with Crippen LogP contribution in [0.5, 0.6) is 0 Å². The summed E-state index contributed by atoms with van der Waals surface area (Å²) < 4.78 is 0. The number of hydrogen-bond donors (Lipinski definition) is 1. The predicted octanol–water partition coefficient (Wildman–Crippen LogP) is 3.49. The lowest BCUT2D eigenvalue weighted by molar-refractivity contribution is 0.216. The summed E-state index contributed by atoms with van der Waals surface area (Å²) in [6, 6.07) is 5.50. The number of azide groups is 1. The van der Waals surface area contributed by atoms with Gasteiger partial charge in [0.05, 0.1) is 17.6 Å². The number of benzene rings is 1. The maximum atomic E-state index is 8.44. The molecule has 0 unspecified atom stereocenters. The Hall–Kier alpha value is -2.04. The number of fused-ring (bicyclic) bond motifs is 1. The summed E-state index contributed by atoms with van der Waals surface area (Å²) in [5, 5.41) is 3.60. The van der Waals surface area contributed by atoms with Crippen molar-refractivity contribution in [3.8, 4) is 0 Å². The van der Waals surface area contributed by atoms with E-state index >= 15 is 0 Å². The van der Waals surface area contributed by atoms with Crippen LogP contribution in [-0.4, -0.2) is 28.0 Å². The number of H-pyrrole nitrogens is 1. The normalized spacial score (nSPS) is 16.4. The molecule has 98 valence electrons. The molecule has 1 N–H and O–H groups in total. The Morgan fingerprint density at radius 2 is 2.16 bits per heavy atom. The van der Waals surface area contributed by atoms with Crippen LogP contribution in [0.25, 0.3) is 21.5 Å². The number of hydrogen-bond acceptors (Lipinski definition) is 3. The van der Waals surface area contributed by atoms with E-state index in [9.17, 15) is 0 Å². The third kappa shape index (κ3) is 2.70. The van der Waals surface area contributed by atoms with E-state index in [1.54, 1.807) is 6.07 Å². The lowest BCUT2D eigenvalue weighted by Crippen LogP contribution is -2.29. The molecule has 2 aromatic rings. The van der Waals surface area contributed by atoms with Crippen LogP contribution in [0.3, 0.4) is 0 Å². The molecular weight excluding hydrogens is 240 g/mol. The second-order valence-electron chi connectivity index (χ2n) is 4.91. The van der Waals surface area contributed by atoms with Crippen LogP contribution in [-0.2, 0) is 6.54 Å². The Bertz CT molecular complexity index is 619. The van der Waals surface area contributed by atoms with Crippen molar-refractivity contribution in [3.63, 3.8) is 0 Å². The molecule has 0 spiro atoms. The Morgan fingerprint density at radius 1 is 1.32 bits per heavy atom. The Morgan fingerprint density at radius 3 is 2.95 bits per heavy atom. The van der Waals surface area contributed by atoms with Crippen LogP contribution in [0.4, 0.5) is 5.69 Å². The lowest BCUT2D eigenvalue weighted by atomic mass is 10.1. The van der Waals surface area contributed by atoms with Crippen LogP contribution in [0.1, 0.15) is 25.1 Å². The number of likely N-dealkylation sites (tertiary alicyclic amines) is 1. The highest BCUT2D eigenvalue weighted by Crippen LogP contribution is 2.20. The zero-order chi connectivity index (χ0) is 13.1. The zero-order valence-corrected chi connectivity index (χ0v) is 10.7. The monoisotopic (exact) mass is 256 g/mol. The molecule has 6 nitrogen and oxygen atoms in total.